The van der Waals surface area contributed by atoms with Gasteiger partial charge in [0.25, 0.3) is 0 Å². The van der Waals surface area contributed by atoms with Crippen molar-refractivity contribution in [3.63, 3.8) is 0 Å². The standard InChI is InChI=1S/C13H21BN2O3/c1-2-7-15-11(17)6-4-3-5-8-16-12(18)9-10(14)13(16)19/h10H,2-9H2,1H3,(H,15,17). The Morgan fingerprint density at radius 1 is 1.37 bits per heavy atom. The molecule has 0 aromatic carbocycles. The number of nitrogens with one attached hydrogen (secondary N) is 1. The smallest absolute Gasteiger partial charge is 0.229 e. The van der Waals surface area contributed by atoms with Gasteiger partial charge in [-0.15, -0.1) is 0 Å². The Kier molecular flexibility index (Phi) is 6.60. The molecule has 1 rings (SSSR count). The Bertz CT molecular complexity index is 347. The normalized spacial score (nSPS) is 19.0. The first-order valence-electron chi connectivity index (χ1n) is 6.92. The Balaban J connectivity index is 2.09. The summed E-state index contributed by atoms with van der Waals surface area (Å²) in [4.78, 5) is 35.5. The summed E-state index contributed by atoms with van der Waals surface area (Å²) in [7, 11) is 5.51. The van der Waals surface area contributed by atoms with Crippen LogP contribution in [0.2, 0.25) is 5.82 Å². The van der Waals surface area contributed by atoms with Crippen molar-refractivity contribution in [1.29, 1.82) is 0 Å². The zero-order chi connectivity index (χ0) is 14.3. The summed E-state index contributed by atoms with van der Waals surface area (Å²) in [5, 5.41) is 2.81. The lowest BCUT2D eigenvalue weighted by atomic mass is 9.86. The molecule has 6 heteroatoms. The Labute approximate surface area is 115 Å². The maximum atomic E-state index is 11.5. The van der Waals surface area contributed by atoms with Crippen LogP contribution in [0.4, 0.5) is 0 Å². The van der Waals surface area contributed by atoms with Crippen molar-refractivity contribution >= 4 is 25.6 Å². The van der Waals surface area contributed by atoms with Crippen molar-refractivity contribution in [3.8, 4) is 0 Å². The topological polar surface area (TPSA) is 66.5 Å². The summed E-state index contributed by atoms with van der Waals surface area (Å²) in [6.07, 6.45) is 3.89. The Morgan fingerprint density at radius 2 is 2.11 bits per heavy atom. The summed E-state index contributed by atoms with van der Waals surface area (Å²) in [6.45, 7) is 3.14. The Morgan fingerprint density at radius 3 is 2.68 bits per heavy atom. The van der Waals surface area contributed by atoms with Crippen LogP contribution < -0.4 is 5.32 Å². The first-order chi connectivity index (χ1) is 9.06. The van der Waals surface area contributed by atoms with Crippen LogP contribution in [-0.4, -0.2) is 43.6 Å². The minimum atomic E-state index is -0.660. The van der Waals surface area contributed by atoms with Crippen LogP contribution in [0.3, 0.4) is 0 Å². The predicted molar refractivity (Wildman–Crippen MR) is 72.6 cm³/mol. The minimum Gasteiger partial charge on any atom is -0.356 e. The number of amides is 3. The van der Waals surface area contributed by atoms with Crippen LogP contribution in [0.15, 0.2) is 0 Å². The highest BCUT2D eigenvalue weighted by molar-refractivity contribution is 6.29. The van der Waals surface area contributed by atoms with Gasteiger partial charge in [0.1, 0.15) is 0 Å². The number of unbranched alkanes of at least 4 members (excludes halogenated alkanes) is 2. The molecule has 3 amide bonds. The first kappa shape index (κ1) is 15.7. The van der Waals surface area contributed by atoms with Crippen molar-refractivity contribution in [1.82, 2.24) is 10.2 Å². The zero-order valence-electron chi connectivity index (χ0n) is 11.5. The van der Waals surface area contributed by atoms with Gasteiger partial charge in [0, 0.05) is 31.7 Å². The largest absolute Gasteiger partial charge is 0.356 e. The fourth-order valence-electron chi connectivity index (χ4n) is 2.03. The molecule has 19 heavy (non-hydrogen) atoms. The predicted octanol–water partition coefficient (Wildman–Crippen LogP) is 0.789. The molecular weight excluding hydrogens is 243 g/mol. The number of hydrogen-bond acceptors (Lipinski definition) is 3. The van der Waals surface area contributed by atoms with E-state index < -0.39 is 5.82 Å². The van der Waals surface area contributed by atoms with Gasteiger partial charge in [0.05, 0.1) is 7.85 Å². The molecule has 0 saturated carbocycles. The highest BCUT2D eigenvalue weighted by atomic mass is 16.2. The Hall–Kier alpha value is -1.33. The highest BCUT2D eigenvalue weighted by Crippen LogP contribution is 2.21. The molecule has 0 spiro atoms. The summed E-state index contributed by atoms with van der Waals surface area (Å²) >= 11 is 0. The lowest BCUT2D eigenvalue weighted by molar-refractivity contribution is -0.138. The second kappa shape index (κ2) is 7.97. The number of hydrogen-bond donors (Lipinski definition) is 1. The lowest BCUT2D eigenvalue weighted by Gasteiger charge is -2.13. The van der Waals surface area contributed by atoms with Crippen LogP contribution in [0.1, 0.15) is 45.4 Å². The SMILES string of the molecule is [B]C1CC(=O)N(CCCCCC(=O)NCCC)C1=O. The number of likely N-dealkylation sites (tertiary alicyclic amines) is 1. The molecule has 0 aromatic rings. The van der Waals surface area contributed by atoms with E-state index in [0.717, 1.165) is 25.7 Å². The monoisotopic (exact) mass is 264 g/mol. The van der Waals surface area contributed by atoms with E-state index in [0.29, 0.717) is 19.5 Å². The number of rotatable bonds is 8. The van der Waals surface area contributed by atoms with E-state index in [-0.39, 0.29) is 24.1 Å². The van der Waals surface area contributed by atoms with Crippen LogP contribution in [0, 0.1) is 0 Å². The number of carbonyl (C=O) groups is 3. The van der Waals surface area contributed by atoms with Crippen LogP contribution in [0.25, 0.3) is 0 Å². The molecule has 0 aromatic heterocycles. The van der Waals surface area contributed by atoms with Gasteiger partial charge in [-0.25, -0.2) is 0 Å². The quantitative estimate of drug-likeness (QED) is 0.400. The van der Waals surface area contributed by atoms with E-state index in [4.69, 9.17) is 7.85 Å². The van der Waals surface area contributed by atoms with Gasteiger partial charge >= 0.3 is 0 Å². The molecular formula is C13H21BN2O3. The van der Waals surface area contributed by atoms with Gasteiger partial charge in [-0.05, 0) is 19.3 Å². The molecule has 2 radical (unpaired) electrons. The van der Waals surface area contributed by atoms with E-state index in [1.165, 1.54) is 4.90 Å². The summed E-state index contributed by atoms with van der Waals surface area (Å²) in [5.41, 5.74) is 0. The van der Waals surface area contributed by atoms with Crippen molar-refractivity contribution in [2.24, 2.45) is 0 Å². The van der Waals surface area contributed by atoms with Gasteiger partial charge in [-0.2, -0.15) is 0 Å². The van der Waals surface area contributed by atoms with Crippen molar-refractivity contribution in [3.05, 3.63) is 0 Å². The fraction of sp³-hybridized carbons (Fsp3) is 0.769. The summed E-state index contributed by atoms with van der Waals surface area (Å²) < 4.78 is 0. The summed E-state index contributed by atoms with van der Waals surface area (Å²) in [5.74, 6) is -1.05. The molecule has 1 unspecified atom stereocenters. The van der Waals surface area contributed by atoms with E-state index in [2.05, 4.69) is 5.32 Å². The van der Waals surface area contributed by atoms with Crippen molar-refractivity contribution < 1.29 is 14.4 Å². The third kappa shape index (κ3) is 5.05. The summed E-state index contributed by atoms with van der Waals surface area (Å²) in [6, 6.07) is 0. The molecule has 104 valence electrons. The third-order valence-corrected chi connectivity index (χ3v) is 3.14. The molecule has 1 aliphatic rings. The van der Waals surface area contributed by atoms with Gasteiger partial charge < -0.3 is 5.32 Å². The molecule has 1 heterocycles. The maximum Gasteiger partial charge on any atom is 0.229 e. The molecule has 0 aliphatic carbocycles. The average molecular weight is 264 g/mol. The number of imide groups is 1. The molecule has 1 aliphatic heterocycles. The number of nitrogens with zero attached hydrogens (tertiary/aromatic N) is 1. The molecule has 1 N–H and O–H groups in total. The van der Waals surface area contributed by atoms with Gasteiger partial charge in [0.2, 0.25) is 17.7 Å². The molecule has 0 bridgehead atoms. The van der Waals surface area contributed by atoms with Gasteiger partial charge in [-0.1, -0.05) is 13.3 Å². The van der Waals surface area contributed by atoms with E-state index in [1.807, 2.05) is 6.92 Å². The van der Waals surface area contributed by atoms with E-state index >= 15 is 0 Å². The van der Waals surface area contributed by atoms with Crippen molar-refractivity contribution in [2.75, 3.05) is 13.1 Å². The second-order valence-electron chi connectivity index (χ2n) is 4.85. The first-order valence-corrected chi connectivity index (χ1v) is 6.92. The van der Waals surface area contributed by atoms with Gasteiger partial charge in [-0.3, -0.25) is 19.3 Å². The molecule has 1 atom stereocenters. The number of carbonyl (C=O) groups excluding carboxylic acids is 3. The molecule has 1 fully saturated rings. The average Bonchev–Trinajstić information content (AvgIpc) is 2.62. The molecule has 5 nitrogen and oxygen atoms in total. The minimum absolute atomic E-state index is 0.0668. The van der Waals surface area contributed by atoms with Crippen LogP contribution in [0.5, 0.6) is 0 Å². The van der Waals surface area contributed by atoms with Crippen LogP contribution in [-0.2, 0) is 14.4 Å². The van der Waals surface area contributed by atoms with Gasteiger partial charge in [0.15, 0.2) is 0 Å². The van der Waals surface area contributed by atoms with Crippen LogP contribution >= 0.6 is 0 Å². The van der Waals surface area contributed by atoms with Crippen molar-refractivity contribution in [2.45, 2.75) is 51.3 Å². The second-order valence-corrected chi connectivity index (χ2v) is 4.85. The third-order valence-electron chi connectivity index (χ3n) is 3.14. The lowest BCUT2D eigenvalue weighted by Crippen LogP contribution is -2.30. The highest BCUT2D eigenvalue weighted by Gasteiger charge is 2.34. The fourth-order valence-corrected chi connectivity index (χ4v) is 2.03. The van der Waals surface area contributed by atoms with E-state index in [1.54, 1.807) is 0 Å². The van der Waals surface area contributed by atoms with E-state index in [9.17, 15) is 14.4 Å². The zero-order valence-corrected chi connectivity index (χ0v) is 11.5. The maximum absolute atomic E-state index is 11.5. The molecule has 1 saturated heterocycles.